The molecule has 2 nitrogen and oxygen atoms in total. The highest BCUT2D eigenvalue weighted by molar-refractivity contribution is 7.99. The molecule has 0 fully saturated rings. The van der Waals surface area contributed by atoms with Crippen LogP contribution in [0.15, 0.2) is 29.3 Å². The number of ether oxygens (including phenoxy) is 1. The summed E-state index contributed by atoms with van der Waals surface area (Å²) in [7, 11) is 0. The molecule has 0 aliphatic heterocycles. The van der Waals surface area contributed by atoms with Crippen molar-refractivity contribution in [2.45, 2.75) is 38.0 Å². The van der Waals surface area contributed by atoms with Gasteiger partial charge < -0.3 is 4.74 Å². The van der Waals surface area contributed by atoms with Crippen LogP contribution in [0.1, 0.15) is 26.3 Å². The Balaban J connectivity index is 2.43. The minimum Gasteiger partial charge on any atom is -0.494 e. The summed E-state index contributed by atoms with van der Waals surface area (Å²) >= 11 is 1.81. The van der Waals surface area contributed by atoms with Crippen LogP contribution >= 0.6 is 11.8 Å². The molecule has 0 radical (unpaired) electrons. The first kappa shape index (κ1) is 13.2. The second-order valence-electron chi connectivity index (χ2n) is 4.56. The van der Waals surface area contributed by atoms with E-state index in [1.54, 1.807) is 0 Å². The lowest BCUT2D eigenvalue weighted by molar-refractivity contribution is 0.340. The summed E-state index contributed by atoms with van der Waals surface area (Å²) in [6.07, 6.45) is 0. The molecular formula is C15H19NOS. The molecule has 0 aliphatic rings. The third-order valence-electron chi connectivity index (χ3n) is 2.59. The van der Waals surface area contributed by atoms with Gasteiger partial charge in [0.25, 0.3) is 0 Å². The van der Waals surface area contributed by atoms with E-state index in [0.29, 0.717) is 11.9 Å². The Hall–Kier alpha value is -1.22. The first-order valence-corrected chi connectivity index (χ1v) is 7.19. The molecular weight excluding hydrogens is 242 g/mol. The zero-order valence-corrected chi connectivity index (χ0v) is 12.2. The molecule has 0 unspecified atom stereocenters. The topological polar surface area (TPSA) is 22.1 Å². The third-order valence-corrected chi connectivity index (χ3v) is 3.70. The molecule has 0 spiro atoms. The summed E-state index contributed by atoms with van der Waals surface area (Å²) in [5.41, 5.74) is 2.27. The standard InChI is InChI=1S/C15H19NOS/c1-5-17-13-6-7-14-12(9-13)8-11(4)15(16-14)18-10(2)3/h6-10H,5H2,1-4H3. The van der Waals surface area contributed by atoms with E-state index >= 15 is 0 Å². The molecule has 18 heavy (non-hydrogen) atoms. The smallest absolute Gasteiger partial charge is 0.120 e. The van der Waals surface area contributed by atoms with Crippen molar-refractivity contribution in [1.82, 2.24) is 4.98 Å². The minimum absolute atomic E-state index is 0.552. The molecule has 2 aromatic rings. The van der Waals surface area contributed by atoms with Gasteiger partial charge >= 0.3 is 0 Å². The van der Waals surface area contributed by atoms with Gasteiger partial charge in [-0.3, -0.25) is 0 Å². The lowest BCUT2D eigenvalue weighted by Crippen LogP contribution is -1.94. The van der Waals surface area contributed by atoms with Gasteiger partial charge in [0.05, 0.1) is 17.1 Å². The van der Waals surface area contributed by atoms with Crippen LogP contribution in [0, 0.1) is 6.92 Å². The van der Waals surface area contributed by atoms with Crippen LogP contribution in [0.3, 0.4) is 0 Å². The van der Waals surface area contributed by atoms with Gasteiger partial charge in [-0.1, -0.05) is 13.8 Å². The number of pyridine rings is 1. The summed E-state index contributed by atoms with van der Waals surface area (Å²) in [5, 5.41) is 2.82. The van der Waals surface area contributed by atoms with Crippen molar-refractivity contribution in [3.8, 4) is 5.75 Å². The van der Waals surface area contributed by atoms with Gasteiger partial charge in [0.1, 0.15) is 5.75 Å². The largest absolute Gasteiger partial charge is 0.494 e. The molecule has 2 rings (SSSR count). The van der Waals surface area contributed by atoms with Crippen molar-refractivity contribution in [2.24, 2.45) is 0 Å². The molecule has 0 saturated heterocycles. The number of aromatic nitrogens is 1. The van der Waals surface area contributed by atoms with Crippen molar-refractivity contribution in [2.75, 3.05) is 6.61 Å². The van der Waals surface area contributed by atoms with Crippen molar-refractivity contribution in [1.29, 1.82) is 0 Å². The van der Waals surface area contributed by atoms with E-state index in [0.717, 1.165) is 21.7 Å². The fraction of sp³-hybridized carbons (Fsp3) is 0.400. The average molecular weight is 261 g/mol. The number of thioether (sulfide) groups is 1. The molecule has 0 atom stereocenters. The maximum absolute atomic E-state index is 5.52. The van der Waals surface area contributed by atoms with E-state index in [2.05, 4.69) is 32.9 Å². The Morgan fingerprint density at radius 1 is 1.28 bits per heavy atom. The Morgan fingerprint density at radius 2 is 2.06 bits per heavy atom. The second kappa shape index (κ2) is 5.61. The summed E-state index contributed by atoms with van der Waals surface area (Å²) in [5.74, 6) is 0.912. The van der Waals surface area contributed by atoms with E-state index in [4.69, 9.17) is 9.72 Å². The number of fused-ring (bicyclic) bond motifs is 1. The Labute approximate surface area is 113 Å². The number of nitrogens with zero attached hydrogens (tertiary/aromatic N) is 1. The molecule has 0 aliphatic carbocycles. The predicted molar refractivity (Wildman–Crippen MR) is 78.6 cm³/mol. The van der Waals surface area contributed by atoms with Gasteiger partial charge in [-0.2, -0.15) is 0 Å². The molecule has 0 N–H and O–H groups in total. The van der Waals surface area contributed by atoms with E-state index in [1.807, 2.05) is 30.8 Å². The zero-order chi connectivity index (χ0) is 13.1. The van der Waals surface area contributed by atoms with E-state index in [-0.39, 0.29) is 0 Å². The van der Waals surface area contributed by atoms with Crippen LogP contribution in [-0.2, 0) is 0 Å². The van der Waals surface area contributed by atoms with Gasteiger partial charge in [0.15, 0.2) is 0 Å². The normalized spacial score (nSPS) is 11.2. The van der Waals surface area contributed by atoms with Crippen molar-refractivity contribution in [3.05, 3.63) is 29.8 Å². The zero-order valence-electron chi connectivity index (χ0n) is 11.4. The van der Waals surface area contributed by atoms with Crippen molar-refractivity contribution in [3.63, 3.8) is 0 Å². The molecule has 1 aromatic carbocycles. The van der Waals surface area contributed by atoms with Crippen molar-refractivity contribution >= 4 is 22.7 Å². The Morgan fingerprint density at radius 3 is 2.72 bits per heavy atom. The van der Waals surface area contributed by atoms with Crippen LogP contribution in [0.2, 0.25) is 0 Å². The maximum Gasteiger partial charge on any atom is 0.120 e. The number of hydrogen-bond donors (Lipinski definition) is 0. The molecule has 1 heterocycles. The Bertz CT molecular complexity index is 551. The molecule has 0 saturated carbocycles. The van der Waals surface area contributed by atoms with E-state index in [9.17, 15) is 0 Å². The molecule has 0 bridgehead atoms. The quantitative estimate of drug-likeness (QED) is 0.759. The molecule has 3 heteroatoms. The van der Waals surface area contributed by atoms with Gasteiger partial charge in [0, 0.05) is 10.6 Å². The monoisotopic (exact) mass is 261 g/mol. The summed E-state index contributed by atoms with van der Waals surface area (Å²) in [4.78, 5) is 4.72. The van der Waals surface area contributed by atoms with Crippen LogP contribution in [-0.4, -0.2) is 16.8 Å². The highest BCUT2D eigenvalue weighted by Gasteiger charge is 2.07. The highest BCUT2D eigenvalue weighted by atomic mass is 32.2. The second-order valence-corrected chi connectivity index (χ2v) is 6.13. The van der Waals surface area contributed by atoms with Gasteiger partial charge in [-0.25, -0.2) is 4.98 Å². The first-order chi connectivity index (χ1) is 8.60. The van der Waals surface area contributed by atoms with Crippen LogP contribution in [0.4, 0.5) is 0 Å². The highest BCUT2D eigenvalue weighted by Crippen LogP contribution is 2.28. The molecule has 96 valence electrons. The van der Waals surface area contributed by atoms with Crippen molar-refractivity contribution < 1.29 is 4.74 Å². The third kappa shape index (κ3) is 2.96. The van der Waals surface area contributed by atoms with E-state index < -0.39 is 0 Å². The molecule has 1 aromatic heterocycles. The fourth-order valence-corrected chi connectivity index (χ4v) is 2.68. The maximum atomic E-state index is 5.52. The average Bonchev–Trinajstić information content (AvgIpc) is 2.30. The van der Waals surface area contributed by atoms with Crippen LogP contribution in [0.5, 0.6) is 5.75 Å². The predicted octanol–water partition coefficient (Wildman–Crippen LogP) is 4.44. The molecule has 0 amide bonds. The summed E-state index contributed by atoms with van der Waals surface area (Å²) in [6.45, 7) is 9.18. The van der Waals surface area contributed by atoms with Crippen LogP contribution in [0.25, 0.3) is 10.9 Å². The SMILES string of the molecule is CCOc1ccc2nc(SC(C)C)c(C)cc2c1. The lowest BCUT2D eigenvalue weighted by Gasteiger charge is -2.10. The number of aryl methyl sites for hydroxylation is 1. The van der Waals surface area contributed by atoms with Gasteiger partial charge in [0.2, 0.25) is 0 Å². The van der Waals surface area contributed by atoms with Gasteiger partial charge in [-0.05, 0) is 43.7 Å². The fourth-order valence-electron chi connectivity index (χ4n) is 1.84. The number of rotatable bonds is 4. The minimum atomic E-state index is 0.552. The van der Waals surface area contributed by atoms with E-state index in [1.165, 1.54) is 5.56 Å². The van der Waals surface area contributed by atoms with Crippen LogP contribution < -0.4 is 4.74 Å². The first-order valence-electron chi connectivity index (χ1n) is 6.31. The number of hydrogen-bond acceptors (Lipinski definition) is 3. The number of benzene rings is 1. The van der Waals surface area contributed by atoms with Gasteiger partial charge in [-0.15, -0.1) is 11.8 Å². The lowest BCUT2D eigenvalue weighted by atomic mass is 10.1. The Kier molecular flexibility index (Phi) is 4.12. The summed E-state index contributed by atoms with van der Waals surface area (Å²) in [6, 6.07) is 8.26. The summed E-state index contributed by atoms with van der Waals surface area (Å²) < 4.78 is 5.52.